The van der Waals surface area contributed by atoms with E-state index in [1.165, 1.54) is 0 Å². The first-order valence-corrected chi connectivity index (χ1v) is 3.93. The highest BCUT2D eigenvalue weighted by Gasteiger charge is 2.19. The van der Waals surface area contributed by atoms with Crippen molar-refractivity contribution < 1.29 is 9.47 Å². The molecule has 0 spiro atoms. The molecule has 4 heteroatoms. The van der Waals surface area contributed by atoms with Crippen LogP contribution in [0.4, 0.5) is 0 Å². The van der Waals surface area contributed by atoms with E-state index in [0.717, 1.165) is 19.5 Å². The number of hydrazine groups is 1. The van der Waals surface area contributed by atoms with Gasteiger partial charge in [0.15, 0.2) is 0 Å². The molecule has 0 aromatic carbocycles. The zero-order valence-electron chi connectivity index (χ0n) is 6.95. The normalized spacial score (nSPS) is 26.2. The van der Waals surface area contributed by atoms with Crippen LogP contribution in [0.3, 0.4) is 0 Å². The number of ether oxygens (including phenoxy) is 2. The standard InChI is InChI=1S/C7H16N2O2/c1-10-4-5-11-7-2-3-9(8)6-7/h7H,2-6,8H2,1H3. The Balaban J connectivity index is 1.99. The quantitative estimate of drug-likeness (QED) is 0.449. The molecule has 1 saturated heterocycles. The second-order valence-electron chi connectivity index (χ2n) is 2.77. The van der Waals surface area contributed by atoms with E-state index in [9.17, 15) is 0 Å². The smallest absolute Gasteiger partial charge is 0.0729 e. The van der Waals surface area contributed by atoms with E-state index in [0.29, 0.717) is 19.3 Å². The minimum absolute atomic E-state index is 0.315. The molecule has 0 aromatic rings. The van der Waals surface area contributed by atoms with Crippen molar-refractivity contribution in [3.63, 3.8) is 0 Å². The molecule has 2 N–H and O–H groups in total. The largest absolute Gasteiger partial charge is 0.382 e. The summed E-state index contributed by atoms with van der Waals surface area (Å²) in [5.41, 5.74) is 0. The molecule has 1 fully saturated rings. The van der Waals surface area contributed by atoms with Crippen molar-refractivity contribution in [2.75, 3.05) is 33.4 Å². The maximum absolute atomic E-state index is 5.55. The molecular formula is C7H16N2O2. The van der Waals surface area contributed by atoms with Gasteiger partial charge in [0.1, 0.15) is 0 Å². The van der Waals surface area contributed by atoms with Gasteiger partial charge in [0.2, 0.25) is 0 Å². The Morgan fingerprint density at radius 3 is 2.91 bits per heavy atom. The molecule has 0 aromatic heterocycles. The molecule has 1 atom stereocenters. The summed E-state index contributed by atoms with van der Waals surface area (Å²) in [5, 5.41) is 1.79. The Morgan fingerprint density at radius 1 is 1.55 bits per heavy atom. The van der Waals surface area contributed by atoms with E-state index < -0.39 is 0 Å². The summed E-state index contributed by atoms with van der Waals surface area (Å²) in [5.74, 6) is 5.55. The van der Waals surface area contributed by atoms with Gasteiger partial charge in [-0.15, -0.1) is 0 Å². The summed E-state index contributed by atoms with van der Waals surface area (Å²) < 4.78 is 10.3. The second kappa shape index (κ2) is 4.66. The number of rotatable bonds is 4. The van der Waals surface area contributed by atoms with Gasteiger partial charge in [0.05, 0.1) is 19.3 Å². The van der Waals surface area contributed by atoms with Crippen LogP contribution >= 0.6 is 0 Å². The van der Waals surface area contributed by atoms with Gasteiger partial charge in [-0.2, -0.15) is 0 Å². The highest BCUT2D eigenvalue weighted by molar-refractivity contribution is 4.71. The fourth-order valence-electron chi connectivity index (χ4n) is 1.19. The van der Waals surface area contributed by atoms with Crippen LogP contribution in [-0.4, -0.2) is 44.5 Å². The van der Waals surface area contributed by atoms with E-state index in [2.05, 4.69) is 0 Å². The molecule has 66 valence electrons. The molecule has 4 nitrogen and oxygen atoms in total. The summed E-state index contributed by atoms with van der Waals surface area (Å²) in [6.07, 6.45) is 1.36. The van der Waals surface area contributed by atoms with Crippen LogP contribution in [0.5, 0.6) is 0 Å². The summed E-state index contributed by atoms with van der Waals surface area (Å²) in [6.45, 7) is 3.14. The first kappa shape index (κ1) is 8.93. The zero-order valence-corrected chi connectivity index (χ0v) is 6.95. The molecule has 1 heterocycles. The molecule has 1 rings (SSSR count). The number of nitrogens with zero attached hydrogens (tertiary/aromatic N) is 1. The lowest BCUT2D eigenvalue weighted by Crippen LogP contribution is -2.29. The highest BCUT2D eigenvalue weighted by atomic mass is 16.5. The van der Waals surface area contributed by atoms with Gasteiger partial charge in [-0.1, -0.05) is 0 Å². The Bertz CT molecular complexity index is 111. The maximum Gasteiger partial charge on any atom is 0.0729 e. The number of hydrogen-bond donors (Lipinski definition) is 1. The Morgan fingerprint density at radius 2 is 2.36 bits per heavy atom. The van der Waals surface area contributed by atoms with Crippen molar-refractivity contribution in [1.29, 1.82) is 0 Å². The summed E-state index contributed by atoms with van der Waals surface area (Å²) >= 11 is 0. The minimum Gasteiger partial charge on any atom is -0.382 e. The van der Waals surface area contributed by atoms with E-state index in [-0.39, 0.29) is 0 Å². The average molecular weight is 160 g/mol. The van der Waals surface area contributed by atoms with Crippen LogP contribution in [-0.2, 0) is 9.47 Å². The molecular weight excluding hydrogens is 144 g/mol. The molecule has 0 radical (unpaired) electrons. The third-order valence-corrected chi connectivity index (χ3v) is 1.82. The molecule has 1 aliphatic heterocycles. The third kappa shape index (κ3) is 3.16. The number of nitrogens with two attached hydrogens (primary N) is 1. The Kier molecular flexibility index (Phi) is 3.79. The van der Waals surface area contributed by atoms with Crippen molar-refractivity contribution in [3.05, 3.63) is 0 Å². The average Bonchev–Trinajstić information content (AvgIpc) is 2.37. The fraction of sp³-hybridized carbons (Fsp3) is 1.00. The monoisotopic (exact) mass is 160 g/mol. The van der Waals surface area contributed by atoms with E-state index in [1.807, 2.05) is 0 Å². The van der Waals surface area contributed by atoms with Crippen LogP contribution in [0, 0.1) is 0 Å². The molecule has 0 bridgehead atoms. The SMILES string of the molecule is COCCOC1CCN(N)C1. The van der Waals surface area contributed by atoms with E-state index in [4.69, 9.17) is 15.3 Å². The van der Waals surface area contributed by atoms with Crippen LogP contribution in [0.2, 0.25) is 0 Å². The maximum atomic E-state index is 5.55. The number of hydrogen-bond acceptors (Lipinski definition) is 4. The molecule has 1 unspecified atom stereocenters. The lowest BCUT2D eigenvalue weighted by atomic mass is 10.3. The predicted octanol–water partition coefficient (Wildman–Crippen LogP) is -0.403. The first-order chi connectivity index (χ1) is 5.33. The molecule has 0 aliphatic carbocycles. The lowest BCUT2D eigenvalue weighted by molar-refractivity contribution is 0.0222. The van der Waals surface area contributed by atoms with Crippen LogP contribution in [0.1, 0.15) is 6.42 Å². The summed E-state index contributed by atoms with van der Waals surface area (Å²) in [7, 11) is 1.67. The molecule has 0 amide bonds. The van der Waals surface area contributed by atoms with Crippen LogP contribution in [0.15, 0.2) is 0 Å². The number of methoxy groups -OCH3 is 1. The highest BCUT2D eigenvalue weighted by Crippen LogP contribution is 2.07. The second-order valence-corrected chi connectivity index (χ2v) is 2.77. The first-order valence-electron chi connectivity index (χ1n) is 3.93. The van der Waals surface area contributed by atoms with Crippen molar-refractivity contribution in [2.24, 2.45) is 5.84 Å². The topological polar surface area (TPSA) is 47.7 Å². The molecule has 0 saturated carbocycles. The minimum atomic E-state index is 0.315. The Labute approximate surface area is 67.2 Å². The van der Waals surface area contributed by atoms with Gasteiger partial charge in [0, 0.05) is 20.2 Å². The van der Waals surface area contributed by atoms with Gasteiger partial charge in [-0.05, 0) is 6.42 Å². The molecule has 11 heavy (non-hydrogen) atoms. The zero-order chi connectivity index (χ0) is 8.10. The van der Waals surface area contributed by atoms with Crippen molar-refractivity contribution >= 4 is 0 Å². The van der Waals surface area contributed by atoms with Gasteiger partial charge in [-0.3, -0.25) is 5.84 Å². The summed E-state index contributed by atoms with van der Waals surface area (Å²) in [6, 6.07) is 0. The van der Waals surface area contributed by atoms with Crippen LogP contribution in [0.25, 0.3) is 0 Å². The molecule has 1 aliphatic rings. The van der Waals surface area contributed by atoms with Crippen LogP contribution < -0.4 is 5.84 Å². The predicted molar refractivity (Wildman–Crippen MR) is 42.0 cm³/mol. The lowest BCUT2D eigenvalue weighted by Gasteiger charge is -2.10. The van der Waals surface area contributed by atoms with Crippen molar-refractivity contribution in [2.45, 2.75) is 12.5 Å². The van der Waals surface area contributed by atoms with Crippen molar-refractivity contribution in [1.82, 2.24) is 5.01 Å². The van der Waals surface area contributed by atoms with Crippen molar-refractivity contribution in [3.8, 4) is 0 Å². The van der Waals surface area contributed by atoms with E-state index in [1.54, 1.807) is 12.1 Å². The summed E-state index contributed by atoms with van der Waals surface area (Å²) in [4.78, 5) is 0. The van der Waals surface area contributed by atoms with Gasteiger partial charge in [0.25, 0.3) is 0 Å². The fourth-order valence-corrected chi connectivity index (χ4v) is 1.19. The Hall–Kier alpha value is -0.160. The van der Waals surface area contributed by atoms with Gasteiger partial charge in [-0.25, -0.2) is 5.01 Å². The van der Waals surface area contributed by atoms with E-state index >= 15 is 0 Å². The van der Waals surface area contributed by atoms with Gasteiger partial charge < -0.3 is 9.47 Å². The van der Waals surface area contributed by atoms with Gasteiger partial charge >= 0.3 is 0 Å². The third-order valence-electron chi connectivity index (χ3n) is 1.82.